The van der Waals surface area contributed by atoms with E-state index >= 15 is 0 Å². The highest BCUT2D eigenvalue weighted by Crippen LogP contribution is 2.27. The lowest BCUT2D eigenvalue weighted by molar-refractivity contribution is -0.154. The maximum Gasteiger partial charge on any atom is 0.249 e. The molecule has 0 aromatic heterocycles. The van der Waals surface area contributed by atoms with Crippen molar-refractivity contribution in [1.29, 1.82) is 0 Å². The highest BCUT2D eigenvalue weighted by molar-refractivity contribution is 5.98. The Morgan fingerprint density at radius 2 is 2.03 bits per heavy atom. The summed E-state index contributed by atoms with van der Waals surface area (Å²) < 4.78 is 29.6. The molecule has 0 saturated carbocycles. The number of carbonyl (C=O) groups excluding carboxylic acids is 2. The van der Waals surface area contributed by atoms with Gasteiger partial charge in [-0.25, -0.2) is 4.39 Å². The zero-order chi connectivity index (χ0) is 21.0. The van der Waals surface area contributed by atoms with E-state index in [1.54, 1.807) is 44.4 Å². The molecule has 3 rings (SSSR count). The van der Waals surface area contributed by atoms with Gasteiger partial charge in [0.1, 0.15) is 30.0 Å². The Kier molecular flexibility index (Phi) is 6.33. The zero-order valence-corrected chi connectivity index (χ0v) is 16.5. The Morgan fingerprint density at radius 3 is 2.72 bits per heavy atom. The summed E-state index contributed by atoms with van der Waals surface area (Å²) in [6.45, 7) is 1.74. The molecule has 2 aromatic carbocycles. The first-order valence-electron chi connectivity index (χ1n) is 9.08. The first-order chi connectivity index (χ1) is 13.9. The van der Waals surface area contributed by atoms with Gasteiger partial charge in [-0.1, -0.05) is 6.07 Å². The maximum atomic E-state index is 13.8. The normalized spacial score (nSPS) is 16.5. The van der Waals surface area contributed by atoms with Crippen molar-refractivity contribution in [3.05, 3.63) is 53.3 Å². The van der Waals surface area contributed by atoms with E-state index in [1.807, 2.05) is 0 Å². The van der Waals surface area contributed by atoms with Crippen LogP contribution < -0.4 is 14.8 Å². The molecule has 154 valence electrons. The predicted octanol–water partition coefficient (Wildman–Crippen LogP) is 2.52. The Morgan fingerprint density at radius 1 is 1.24 bits per heavy atom. The minimum absolute atomic E-state index is 0.0460. The van der Waals surface area contributed by atoms with Crippen molar-refractivity contribution < 1.29 is 28.2 Å². The average Bonchev–Trinajstić information content (AvgIpc) is 2.72. The fourth-order valence-corrected chi connectivity index (χ4v) is 3.08. The van der Waals surface area contributed by atoms with Crippen molar-refractivity contribution in [3.63, 3.8) is 0 Å². The zero-order valence-electron chi connectivity index (χ0n) is 16.5. The molecular formula is C21H23FN2O5. The molecule has 2 amide bonds. The molecule has 0 unspecified atom stereocenters. The van der Waals surface area contributed by atoms with Gasteiger partial charge in [-0.3, -0.25) is 9.59 Å². The van der Waals surface area contributed by atoms with Gasteiger partial charge in [0, 0.05) is 17.3 Å². The van der Waals surface area contributed by atoms with Gasteiger partial charge in [0.05, 0.1) is 27.4 Å². The van der Waals surface area contributed by atoms with E-state index in [2.05, 4.69) is 5.32 Å². The van der Waals surface area contributed by atoms with Crippen molar-refractivity contribution in [2.24, 2.45) is 0 Å². The van der Waals surface area contributed by atoms with Crippen LogP contribution in [-0.2, 0) is 20.9 Å². The highest BCUT2D eigenvalue weighted by atomic mass is 19.1. The first kappa shape index (κ1) is 20.6. The number of morpholine rings is 1. The summed E-state index contributed by atoms with van der Waals surface area (Å²) in [5, 5.41) is 2.66. The molecule has 1 aliphatic heterocycles. The van der Waals surface area contributed by atoms with E-state index in [0.29, 0.717) is 22.7 Å². The number of carbonyl (C=O) groups is 2. The number of anilines is 1. The summed E-state index contributed by atoms with van der Waals surface area (Å²) in [4.78, 5) is 26.7. The van der Waals surface area contributed by atoms with E-state index < -0.39 is 17.8 Å². The summed E-state index contributed by atoms with van der Waals surface area (Å²) in [5.74, 6) is -0.0188. The number of amides is 2. The second-order valence-electron chi connectivity index (χ2n) is 6.68. The van der Waals surface area contributed by atoms with Gasteiger partial charge >= 0.3 is 0 Å². The first-order valence-corrected chi connectivity index (χ1v) is 9.08. The minimum atomic E-state index is -0.854. The Balaban J connectivity index is 1.81. The molecule has 0 radical (unpaired) electrons. The summed E-state index contributed by atoms with van der Waals surface area (Å²) in [5.41, 5.74) is 1.52. The monoisotopic (exact) mass is 402 g/mol. The number of methoxy groups -OCH3 is 2. The van der Waals surface area contributed by atoms with Crippen LogP contribution in [0.1, 0.15) is 11.1 Å². The molecule has 1 N–H and O–H groups in total. The lowest BCUT2D eigenvalue weighted by atomic mass is 10.1. The van der Waals surface area contributed by atoms with E-state index in [4.69, 9.17) is 14.2 Å². The standard InChI is InChI=1S/C21H23FN2O5/c1-13-4-6-15(8-17(13)22)23-21(26)18-11-29-12-20(25)24(18)10-14-5-7-16(27-2)9-19(14)28-3/h4-9,18H,10-12H2,1-3H3,(H,23,26)/t18-/m0/s1. The van der Waals surface area contributed by atoms with Gasteiger partial charge in [0.25, 0.3) is 0 Å². The number of benzene rings is 2. The molecule has 7 nitrogen and oxygen atoms in total. The summed E-state index contributed by atoms with van der Waals surface area (Å²) in [6.07, 6.45) is 0. The molecule has 29 heavy (non-hydrogen) atoms. The fourth-order valence-electron chi connectivity index (χ4n) is 3.08. The van der Waals surface area contributed by atoms with Gasteiger partial charge in [-0.05, 0) is 36.8 Å². The van der Waals surface area contributed by atoms with Crippen molar-refractivity contribution in [2.45, 2.75) is 19.5 Å². The van der Waals surface area contributed by atoms with E-state index in [-0.39, 0.29) is 25.7 Å². The van der Waals surface area contributed by atoms with Crippen molar-refractivity contribution >= 4 is 17.5 Å². The van der Waals surface area contributed by atoms with Gasteiger partial charge in [-0.15, -0.1) is 0 Å². The molecule has 0 bridgehead atoms. The summed E-state index contributed by atoms with van der Waals surface area (Å²) >= 11 is 0. The molecule has 1 aliphatic rings. The Labute approximate surface area is 168 Å². The number of hydrogen-bond donors (Lipinski definition) is 1. The Hall–Kier alpha value is -3.13. The van der Waals surface area contributed by atoms with Crippen LogP contribution in [0, 0.1) is 12.7 Å². The number of aryl methyl sites for hydroxylation is 1. The minimum Gasteiger partial charge on any atom is -0.497 e. The van der Waals surface area contributed by atoms with Crippen LogP contribution in [0.2, 0.25) is 0 Å². The molecule has 1 saturated heterocycles. The van der Waals surface area contributed by atoms with Crippen LogP contribution in [-0.4, -0.2) is 50.2 Å². The smallest absolute Gasteiger partial charge is 0.249 e. The third-order valence-electron chi connectivity index (χ3n) is 4.77. The quantitative estimate of drug-likeness (QED) is 0.804. The average molecular weight is 402 g/mol. The molecule has 1 atom stereocenters. The number of nitrogens with zero attached hydrogens (tertiary/aromatic N) is 1. The topological polar surface area (TPSA) is 77.1 Å². The van der Waals surface area contributed by atoms with Gasteiger partial charge in [-0.2, -0.15) is 0 Å². The van der Waals surface area contributed by atoms with Crippen LogP contribution in [0.4, 0.5) is 10.1 Å². The molecule has 2 aromatic rings. The highest BCUT2D eigenvalue weighted by Gasteiger charge is 2.34. The van der Waals surface area contributed by atoms with Crippen LogP contribution in [0.25, 0.3) is 0 Å². The molecule has 1 fully saturated rings. The van der Waals surface area contributed by atoms with Crippen molar-refractivity contribution in [2.75, 3.05) is 32.8 Å². The largest absolute Gasteiger partial charge is 0.497 e. The van der Waals surface area contributed by atoms with Crippen LogP contribution in [0.15, 0.2) is 36.4 Å². The Bertz CT molecular complexity index is 918. The third-order valence-corrected chi connectivity index (χ3v) is 4.77. The van der Waals surface area contributed by atoms with Crippen LogP contribution in [0.5, 0.6) is 11.5 Å². The van der Waals surface area contributed by atoms with Gasteiger partial charge in [0.15, 0.2) is 0 Å². The molecular weight excluding hydrogens is 379 g/mol. The SMILES string of the molecule is COc1ccc(CN2C(=O)COC[C@H]2C(=O)Nc2ccc(C)c(F)c2)c(OC)c1. The van der Waals surface area contributed by atoms with Crippen molar-refractivity contribution in [3.8, 4) is 11.5 Å². The lowest BCUT2D eigenvalue weighted by Crippen LogP contribution is -2.54. The number of halogens is 1. The number of nitrogens with one attached hydrogen (secondary N) is 1. The number of hydrogen-bond acceptors (Lipinski definition) is 5. The van der Waals surface area contributed by atoms with E-state index in [0.717, 1.165) is 5.56 Å². The van der Waals surface area contributed by atoms with E-state index in [1.165, 1.54) is 18.1 Å². The fraction of sp³-hybridized carbons (Fsp3) is 0.333. The van der Waals surface area contributed by atoms with Gasteiger partial charge in [0.2, 0.25) is 11.8 Å². The summed E-state index contributed by atoms with van der Waals surface area (Å²) in [7, 11) is 3.07. The van der Waals surface area contributed by atoms with Crippen molar-refractivity contribution in [1.82, 2.24) is 4.90 Å². The molecule has 1 heterocycles. The number of ether oxygens (including phenoxy) is 3. The predicted molar refractivity (Wildman–Crippen MR) is 104 cm³/mol. The third kappa shape index (κ3) is 4.65. The molecule has 0 spiro atoms. The number of rotatable bonds is 6. The maximum absolute atomic E-state index is 13.8. The summed E-state index contributed by atoms with van der Waals surface area (Å²) in [6, 6.07) is 8.83. The lowest BCUT2D eigenvalue weighted by Gasteiger charge is -2.34. The van der Waals surface area contributed by atoms with Crippen LogP contribution >= 0.6 is 0 Å². The second kappa shape index (κ2) is 8.91. The van der Waals surface area contributed by atoms with E-state index in [9.17, 15) is 14.0 Å². The van der Waals surface area contributed by atoms with Gasteiger partial charge < -0.3 is 24.4 Å². The van der Waals surface area contributed by atoms with Crippen LogP contribution in [0.3, 0.4) is 0 Å². The second-order valence-corrected chi connectivity index (χ2v) is 6.68. The molecule has 0 aliphatic carbocycles. The molecule has 8 heteroatoms.